The van der Waals surface area contributed by atoms with Crippen molar-refractivity contribution in [3.63, 3.8) is 0 Å². The molecule has 2 N–H and O–H groups in total. The fourth-order valence-corrected chi connectivity index (χ4v) is 2.08. The number of nitrogens with two attached hydrogens (primary N) is 1. The Hall–Kier alpha value is -1.40. The Bertz CT molecular complexity index is 437. The Balaban J connectivity index is 2.40. The Kier molecular flexibility index (Phi) is 2.70. The molecule has 5 nitrogen and oxygen atoms in total. The summed E-state index contributed by atoms with van der Waals surface area (Å²) in [7, 11) is 3.46. The molecule has 15 heavy (non-hydrogen) atoms. The average molecular weight is 224 g/mol. The Morgan fingerprint density at radius 3 is 2.93 bits per heavy atom. The van der Waals surface area contributed by atoms with Crippen molar-refractivity contribution in [2.24, 2.45) is 12.8 Å². The van der Waals surface area contributed by atoms with Gasteiger partial charge in [-0.25, -0.2) is 0 Å². The lowest BCUT2D eigenvalue weighted by atomic mass is 10.2. The van der Waals surface area contributed by atoms with Gasteiger partial charge in [-0.2, -0.15) is 5.10 Å². The molecule has 0 radical (unpaired) electrons. The second kappa shape index (κ2) is 4.00. The van der Waals surface area contributed by atoms with Crippen molar-refractivity contribution in [1.82, 2.24) is 14.8 Å². The molecule has 2 rings (SSSR count). The minimum absolute atomic E-state index is 0.236. The number of ether oxygens (including phenoxy) is 1. The zero-order valence-electron chi connectivity index (χ0n) is 8.54. The third-order valence-corrected chi connectivity index (χ3v) is 3.08. The molecule has 0 aromatic carbocycles. The predicted octanol–water partition coefficient (Wildman–Crippen LogP) is 0.933. The number of nitrogens with zero attached hydrogens (tertiary/aromatic N) is 3. The van der Waals surface area contributed by atoms with Crippen LogP contribution in [0.15, 0.2) is 17.9 Å². The second-order valence-corrected chi connectivity index (χ2v) is 4.02. The molecule has 0 aliphatic heterocycles. The monoisotopic (exact) mass is 224 g/mol. The second-order valence-electron chi connectivity index (χ2n) is 3.10. The van der Waals surface area contributed by atoms with Crippen molar-refractivity contribution in [1.29, 1.82) is 0 Å². The highest BCUT2D eigenvalue weighted by Gasteiger charge is 2.19. The third-order valence-electron chi connectivity index (χ3n) is 2.22. The molecule has 0 bridgehead atoms. The molecule has 0 aliphatic rings. The molecule has 1 unspecified atom stereocenters. The van der Waals surface area contributed by atoms with E-state index in [4.69, 9.17) is 10.5 Å². The van der Waals surface area contributed by atoms with E-state index in [0.29, 0.717) is 5.75 Å². The molecule has 0 saturated heterocycles. The highest BCUT2D eigenvalue weighted by molar-refractivity contribution is 7.09. The van der Waals surface area contributed by atoms with E-state index < -0.39 is 0 Å². The smallest absolute Gasteiger partial charge is 0.161 e. The van der Waals surface area contributed by atoms with Gasteiger partial charge in [0.25, 0.3) is 0 Å². The summed E-state index contributed by atoms with van der Waals surface area (Å²) in [5.74, 6) is 0.707. The topological polar surface area (TPSA) is 66.0 Å². The summed E-state index contributed by atoms with van der Waals surface area (Å²) in [5.41, 5.74) is 8.74. The van der Waals surface area contributed by atoms with Crippen LogP contribution in [0.3, 0.4) is 0 Å². The molecule has 6 heteroatoms. The maximum Gasteiger partial charge on any atom is 0.161 e. The number of thiazole rings is 1. The highest BCUT2D eigenvalue weighted by atomic mass is 32.1. The van der Waals surface area contributed by atoms with Crippen LogP contribution >= 0.6 is 11.3 Å². The number of hydrogen-bond acceptors (Lipinski definition) is 5. The van der Waals surface area contributed by atoms with Crippen LogP contribution in [0.5, 0.6) is 5.75 Å². The number of hydrogen-bond donors (Lipinski definition) is 1. The molecule has 1 atom stereocenters. The van der Waals surface area contributed by atoms with Gasteiger partial charge in [-0.15, -0.1) is 11.3 Å². The number of aryl methyl sites for hydroxylation is 1. The average Bonchev–Trinajstić information content (AvgIpc) is 2.85. The van der Waals surface area contributed by atoms with Gasteiger partial charge in [-0.1, -0.05) is 0 Å². The van der Waals surface area contributed by atoms with Crippen LogP contribution in [0.1, 0.15) is 16.6 Å². The van der Waals surface area contributed by atoms with Crippen molar-refractivity contribution in [2.45, 2.75) is 6.04 Å². The van der Waals surface area contributed by atoms with Crippen LogP contribution in [0.25, 0.3) is 0 Å². The molecule has 0 fully saturated rings. The highest BCUT2D eigenvalue weighted by Crippen LogP contribution is 2.28. The van der Waals surface area contributed by atoms with Crippen molar-refractivity contribution in [2.75, 3.05) is 7.11 Å². The quantitative estimate of drug-likeness (QED) is 0.842. The molecule has 80 valence electrons. The Morgan fingerprint density at radius 1 is 1.53 bits per heavy atom. The lowest BCUT2D eigenvalue weighted by Crippen LogP contribution is -2.15. The normalized spacial score (nSPS) is 12.7. The predicted molar refractivity (Wildman–Crippen MR) is 57.9 cm³/mol. The first-order valence-corrected chi connectivity index (χ1v) is 5.32. The summed E-state index contributed by atoms with van der Waals surface area (Å²) in [6.45, 7) is 0. The summed E-state index contributed by atoms with van der Waals surface area (Å²) in [6.07, 6.45) is 3.43. The molecule has 0 aliphatic carbocycles. The van der Waals surface area contributed by atoms with Gasteiger partial charge in [0.2, 0.25) is 0 Å². The van der Waals surface area contributed by atoms with Gasteiger partial charge in [0, 0.05) is 18.1 Å². The number of rotatable bonds is 3. The van der Waals surface area contributed by atoms with Gasteiger partial charge < -0.3 is 10.5 Å². The maximum absolute atomic E-state index is 6.11. The van der Waals surface area contributed by atoms with Crippen molar-refractivity contribution in [3.05, 3.63) is 28.5 Å². The van der Waals surface area contributed by atoms with Gasteiger partial charge in [0.15, 0.2) is 5.75 Å². The minimum Gasteiger partial charge on any atom is -0.493 e. The number of aromatic nitrogens is 3. The van der Waals surface area contributed by atoms with E-state index in [1.54, 1.807) is 29.7 Å². The van der Waals surface area contributed by atoms with Gasteiger partial charge >= 0.3 is 0 Å². The van der Waals surface area contributed by atoms with Gasteiger partial charge in [0.1, 0.15) is 5.69 Å². The van der Waals surface area contributed by atoms with Gasteiger partial charge in [-0.3, -0.25) is 9.67 Å². The Labute approximate surface area is 91.5 Å². The fourth-order valence-electron chi connectivity index (χ4n) is 1.45. The lowest BCUT2D eigenvalue weighted by molar-refractivity contribution is 0.406. The van der Waals surface area contributed by atoms with E-state index in [9.17, 15) is 0 Å². The Morgan fingerprint density at radius 2 is 2.33 bits per heavy atom. The van der Waals surface area contributed by atoms with E-state index in [1.807, 2.05) is 7.05 Å². The zero-order chi connectivity index (χ0) is 10.8. The molecule has 2 heterocycles. The van der Waals surface area contributed by atoms with Crippen LogP contribution in [0, 0.1) is 0 Å². The maximum atomic E-state index is 6.11. The minimum atomic E-state index is -0.236. The summed E-state index contributed by atoms with van der Waals surface area (Å²) in [4.78, 5) is 5.00. The van der Waals surface area contributed by atoms with Crippen molar-refractivity contribution in [3.8, 4) is 5.75 Å². The first-order chi connectivity index (χ1) is 7.24. The van der Waals surface area contributed by atoms with Crippen molar-refractivity contribution >= 4 is 11.3 Å². The number of methoxy groups -OCH3 is 1. The van der Waals surface area contributed by atoms with Crippen LogP contribution in [0.2, 0.25) is 0 Å². The van der Waals surface area contributed by atoms with Gasteiger partial charge in [-0.05, 0) is 0 Å². The van der Waals surface area contributed by atoms with Gasteiger partial charge in [0.05, 0.1) is 24.9 Å². The van der Waals surface area contributed by atoms with Crippen molar-refractivity contribution < 1.29 is 4.74 Å². The molecule has 2 aromatic rings. The fraction of sp³-hybridized carbons (Fsp3) is 0.333. The van der Waals surface area contributed by atoms with Crippen LogP contribution in [0.4, 0.5) is 0 Å². The third kappa shape index (κ3) is 1.73. The van der Waals surface area contributed by atoms with Crippen LogP contribution < -0.4 is 10.5 Å². The van der Waals surface area contributed by atoms with Crippen LogP contribution in [-0.4, -0.2) is 21.9 Å². The summed E-state index contributed by atoms with van der Waals surface area (Å²) >= 11 is 1.52. The SMILES string of the molecule is COc1cnn(C)c1C(N)c1cncs1. The molecular formula is C9H12N4OS. The largest absolute Gasteiger partial charge is 0.493 e. The molecule has 2 aromatic heterocycles. The first-order valence-electron chi connectivity index (χ1n) is 4.44. The molecule has 0 saturated carbocycles. The van der Waals surface area contributed by atoms with E-state index >= 15 is 0 Å². The van der Waals surface area contributed by atoms with E-state index in [1.165, 1.54) is 11.3 Å². The first kappa shape index (κ1) is 10.1. The van der Waals surface area contributed by atoms with Crippen LogP contribution in [-0.2, 0) is 7.05 Å². The van der Waals surface area contributed by atoms with E-state index in [2.05, 4.69) is 10.1 Å². The lowest BCUT2D eigenvalue weighted by Gasteiger charge is -2.11. The summed E-state index contributed by atoms with van der Waals surface area (Å²) in [5, 5.41) is 4.11. The molecule has 0 spiro atoms. The zero-order valence-corrected chi connectivity index (χ0v) is 9.36. The molecular weight excluding hydrogens is 212 g/mol. The van der Waals surface area contributed by atoms with E-state index in [-0.39, 0.29) is 6.04 Å². The van der Waals surface area contributed by atoms with E-state index in [0.717, 1.165) is 10.6 Å². The summed E-state index contributed by atoms with van der Waals surface area (Å²) < 4.78 is 6.93. The summed E-state index contributed by atoms with van der Waals surface area (Å²) in [6, 6.07) is -0.236. The molecule has 0 amide bonds. The standard InChI is InChI=1S/C9H12N4OS/c1-13-9(6(14-2)3-12-13)8(10)7-4-11-5-15-7/h3-5,8H,10H2,1-2H3.